The fourth-order valence-corrected chi connectivity index (χ4v) is 3.46. The van der Waals surface area contributed by atoms with Gasteiger partial charge in [0, 0.05) is 4.47 Å². The molecule has 108 valence electrons. The van der Waals surface area contributed by atoms with Crippen molar-refractivity contribution in [2.75, 3.05) is 0 Å². The van der Waals surface area contributed by atoms with Crippen molar-refractivity contribution >= 4 is 33.2 Å². The number of nitrogens with zero attached hydrogens (tertiary/aromatic N) is 4. The second-order valence-corrected chi connectivity index (χ2v) is 7.29. The Kier molecular flexibility index (Phi) is 4.24. The first-order valence-corrected chi connectivity index (χ1v) is 7.71. The number of hydrogen-bond donors (Lipinski definition) is 1. The Bertz CT molecular complexity index is 617. The van der Waals surface area contributed by atoms with Crippen LogP contribution in [0, 0.1) is 5.41 Å². The molecule has 0 aliphatic carbocycles. The Morgan fingerprint density at radius 2 is 2.25 bits per heavy atom. The number of carbonyl (C=O) groups is 1. The summed E-state index contributed by atoms with van der Waals surface area (Å²) in [5, 5.41) is 22.8. The van der Waals surface area contributed by atoms with E-state index in [1.165, 1.54) is 11.3 Å². The number of thiophene rings is 1. The minimum Gasteiger partial charge on any atom is -0.481 e. The van der Waals surface area contributed by atoms with Crippen LogP contribution in [0.2, 0.25) is 0 Å². The zero-order valence-corrected chi connectivity index (χ0v) is 13.8. The van der Waals surface area contributed by atoms with Crippen molar-refractivity contribution in [2.45, 2.75) is 33.2 Å². The third-order valence-electron chi connectivity index (χ3n) is 2.98. The van der Waals surface area contributed by atoms with Crippen molar-refractivity contribution in [3.63, 3.8) is 0 Å². The molecular formula is C12H15BrN4O2S. The first-order chi connectivity index (χ1) is 9.30. The van der Waals surface area contributed by atoms with Crippen LogP contribution in [0.15, 0.2) is 15.9 Å². The molecular weight excluding hydrogens is 344 g/mol. The van der Waals surface area contributed by atoms with Crippen LogP contribution in [0.4, 0.5) is 0 Å². The van der Waals surface area contributed by atoms with Gasteiger partial charge in [-0.1, -0.05) is 20.8 Å². The number of halogens is 1. The summed E-state index contributed by atoms with van der Waals surface area (Å²) in [6, 6.07) is 1.60. The number of hydrogen-bond acceptors (Lipinski definition) is 5. The normalized spacial score (nSPS) is 13.4. The molecule has 1 N–H and O–H groups in total. The molecule has 0 saturated heterocycles. The molecule has 2 aromatic rings. The smallest absolute Gasteiger partial charge is 0.305 e. The average molecular weight is 359 g/mol. The van der Waals surface area contributed by atoms with Gasteiger partial charge in [-0.25, -0.2) is 4.68 Å². The van der Waals surface area contributed by atoms with Gasteiger partial charge < -0.3 is 5.11 Å². The van der Waals surface area contributed by atoms with Crippen LogP contribution in [0.25, 0.3) is 10.7 Å². The molecule has 0 aromatic carbocycles. The molecule has 0 aliphatic heterocycles. The minimum atomic E-state index is -0.864. The van der Waals surface area contributed by atoms with E-state index in [0.29, 0.717) is 5.82 Å². The highest BCUT2D eigenvalue weighted by atomic mass is 79.9. The fraction of sp³-hybridized carbons (Fsp3) is 0.500. The quantitative estimate of drug-likeness (QED) is 0.907. The van der Waals surface area contributed by atoms with E-state index in [1.54, 1.807) is 4.68 Å². The molecule has 2 heterocycles. The van der Waals surface area contributed by atoms with Gasteiger partial charge in [0.25, 0.3) is 0 Å². The molecule has 0 spiro atoms. The monoisotopic (exact) mass is 358 g/mol. The summed E-state index contributed by atoms with van der Waals surface area (Å²) in [6.07, 6.45) is -0.0233. The van der Waals surface area contributed by atoms with Crippen LogP contribution in [-0.4, -0.2) is 31.3 Å². The van der Waals surface area contributed by atoms with Gasteiger partial charge in [0.2, 0.25) is 0 Å². The predicted octanol–water partition coefficient (Wildman–Crippen LogP) is 3.23. The van der Waals surface area contributed by atoms with Gasteiger partial charge in [-0.2, -0.15) is 0 Å². The Labute approximate surface area is 128 Å². The standard InChI is InChI=1S/C12H15BrN4O2S/c1-12(2,3)8(6-9(18)19)17-11(14-15-16-17)10-7(13)4-5-20-10/h4-5,8H,6H2,1-3H3,(H,18,19). The Morgan fingerprint density at radius 3 is 2.75 bits per heavy atom. The van der Waals surface area contributed by atoms with E-state index in [9.17, 15) is 4.79 Å². The van der Waals surface area contributed by atoms with E-state index >= 15 is 0 Å². The maximum Gasteiger partial charge on any atom is 0.305 e. The maximum atomic E-state index is 11.1. The number of carboxylic acid groups (broad SMARTS) is 1. The van der Waals surface area contributed by atoms with E-state index in [-0.39, 0.29) is 17.9 Å². The zero-order chi connectivity index (χ0) is 14.9. The first kappa shape index (κ1) is 15.1. The second kappa shape index (κ2) is 5.61. The summed E-state index contributed by atoms with van der Waals surface area (Å²) < 4.78 is 2.52. The lowest BCUT2D eigenvalue weighted by atomic mass is 9.85. The van der Waals surface area contributed by atoms with Crippen LogP contribution < -0.4 is 0 Å². The van der Waals surface area contributed by atoms with Gasteiger partial charge >= 0.3 is 5.97 Å². The molecule has 0 fully saturated rings. The number of aliphatic carboxylic acids is 1. The van der Waals surface area contributed by atoms with Crippen molar-refractivity contribution in [2.24, 2.45) is 5.41 Å². The van der Waals surface area contributed by atoms with Crippen molar-refractivity contribution in [3.05, 3.63) is 15.9 Å². The summed E-state index contributed by atoms with van der Waals surface area (Å²) in [4.78, 5) is 12.0. The number of rotatable bonds is 4. The predicted molar refractivity (Wildman–Crippen MR) is 79.6 cm³/mol. The van der Waals surface area contributed by atoms with E-state index in [4.69, 9.17) is 5.11 Å². The average Bonchev–Trinajstić information content (AvgIpc) is 2.92. The Morgan fingerprint density at radius 1 is 1.55 bits per heavy atom. The van der Waals surface area contributed by atoms with Crippen molar-refractivity contribution in [1.82, 2.24) is 20.2 Å². The lowest BCUT2D eigenvalue weighted by molar-refractivity contribution is -0.138. The van der Waals surface area contributed by atoms with Crippen molar-refractivity contribution < 1.29 is 9.90 Å². The topological polar surface area (TPSA) is 80.9 Å². The lowest BCUT2D eigenvalue weighted by Gasteiger charge is -2.29. The second-order valence-electron chi connectivity index (χ2n) is 5.52. The molecule has 0 radical (unpaired) electrons. The lowest BCUT2D eigenvalue weighted by Crippen LogP contribution is -2.28. The first-order valence-electron chi connectivity index (χ1n) is 6.03. The molecule has 0 aliphatic rings. The fourth-order valence-electron chi connectivity index (χ4n) is 1.93. The molecule has 2 rings (SSSR count). The summed E-state index contributed by atoms with van der Waals surface area (Å²) in [7, 11) is 0. The molecule has 1 unspecified atom stereocenters. The number of carboxylic acids is 1. The van der Waals surface area contributed by atoms with Crippen LogP contribution >= 0.6 is 27.3 Å². The largest absolute Gasteiger partial charge is 0.481 e. The van der Waals surface area contributed by atoms with Gasteiger partial charge in [0.05, 0.1) is 17.3 Å². The highest BCUT2D eigenvalue weighted by Crippen LogP contribution is 2.38. The molecule has 20 heavy (non-hydrogen) atoms. The summed E-state index contributed by atoms with van der Waals surface area (Å²) in [6.45, 7) is 5.95. The SMILES string of the molecule is CC(C)(C)C(CC(=O)O)n1nnnc1-c1sccc1Br. The number of aromatic nitrogens is 4. The van der Waals surface area contributed by atoms with Crippen molar-refractivity contribution in [1.29, 1.82) is 0 Å². The van der Waals surface area contributed by atoms with E-state index in [2.05, 4.69) is 31.5 Å². The highest BCUT2D eigenvalue weighted by Gasteiger charge is 2.32. The van der Waals surface area contributed by atoms with Crippen LogP contribution in [-0.2, 0) is 4.79 Å². The maximum absolute atomic E-state index is 11.1. The summed E-state index contributed by atoms with van der Waals surface area (Å²) in [5.41, 5.74) is -0.272. The van der Waals surface area contributed by atoms with Crippen molar-refractivity contribution in [3.8, 4) is 10.7 Å². The molecule has 0 amide bonds. The Balaban J connectivity index is 2.48. The number of tetrazole rings is 1. The molecule has 0 saturated carbocycles. The van der Waals surface area contributed by atoms with Gasteiger partial charge in [-0.05, 0) is 43.2 Å². The van der Waals surface area contributed by atoms with Crippen LogP contribution in [0.3, 0.4) is 0 Å². The highest BCUT2D eigenvalue weighted by molar-refractivity contribution is 9.10. The zero-order valence-electron chi connectivity index (χ0n) is 11.4. The Hall–Kier alpha value is -1.28. The van der Waals surface area contributed by atoms with Gasteiger partial charge in [0.15, 0.2) is 5.82 Å². The molecule has 8 heteroatoms. The van der Waals surface area contributed by atoms with E-state index in [0.717, 1.165) is 9.35 Å². The van der Waals surface area contributed by atoms with Crippen LogP contribution in [0.1, 0.15) is 33.2 Å². The van der Waals surface area contributed by atoms with Gasteiger partial charge in [0.1, 0.15) is 0 Å². The molecule has 6 nitrogen and oxygen atoms in total. The third kappa shape index (κ3) is 3.06. The summed E-state index contributed by atoms with van der Waals surface area (Å²) in [5.74, 6) is -0.273. The molecule has 2 aromatic heterocycles. The van der Waals surface area contributed by atoms with E-state index < -0.39 is 5.97 Å². The molecule has 0 bridgehead atoms. The van der Waals surface area contributed by atoms with E-state index in [1.807, 2.05) is 32.2 Å². The van der Waals surface area contributed by atoms with Crippen LogP contribution in [0.5, 0.6) is 0 Å². The van der Waals surface area contributed by atoms with Gasteiger partial charge in [-0.3, -0.25) is 4.79 Å². The van der Waals surface area contributed by atoms with Gasteiger partial charge in [-0.15, -0.1) is 16.4 Å². The third-order valence-corrected chi connectivity index (χ3v) is 4.81. The minimum absolute atomic E-state index is 0.0233. The summed E-state index contributed by atoms with van der Waals surface area (Å²) >= 11 is 4.97. The molecule has 1 atom stereocenters.